The van der Waals surface area contributed by atoms with Crippen molar-refractivity contribution in [2.24, 2.45) is 0 Å². The molecule has 1 atom stereocenters. The van der Waals surface area contributed by atoms with E-state index in [0.717, 1.165) is 30.0 Å². The Morgan fingerprint density at radius 1 is 1.13 bits per heavy atom. The predicted octanol–water partition coefficient (Wildman–Crippen LogP) is 4.71. The molecular weight excluding hydrogens is 406 g/mol. The summed E-state index contributed by atoms with van der Waals surface area (Å²) in [6.07, 6.45) is 2.79. The number of ether oxygens (including phenoxy) is 1. The molecule has 0 fully saturated rings. The van der Waals surface area contributed by atoms with E-state index in [1.807, 2.05) is 37.4 Å². The number of pyridine rings is 1. The van der Waals surface area contributed by atoms with E-state index in [4.69, 9.17) is 9.72 Å². The number of benzene rings is 1. The molecule has 0 spiro atoms. The van der Waals surface area contributed by atoms with Crippen molar-refractivity contribution < 1.29 is 4.74 Å². The number of fused-ring (bicyclic) bond motifs is 1. The second-order valence-electron chi connectivity index (χ2n) is 7.91. The third-order valence-corrected chi connectivity index (χ3v) is 6.37. The fraction of sp³-hybridized carbons (Fsp3) is 0.280. The van der Waals surface area contributed by atoms with Crippen LogP contribution in [-0.2, 0) is 19.5 Å². The Morgan fingerprint density at radius 3 is 2.65 bits per heavy atom. The molecule has 0 radical (unpaired) electrons. The van der Waals surface area contributed by atoms with Gasteiger partial charge < -0.3 is 4.74 Å². The fourth-order valence-electron chi connectivity index (χ4n) is 3.73. The second kappa shape index (κ2) is 9.45. The number of aromatic nitrogens is 2. The lowest BCUT2D eigenvalue weighted by molar-refractivity contribution is 0.188. The first kappa shape index (κ1) is 21.3. The number of nitrogens with zero attached hydrogens (tertiary/aromatic N) is 3. The van der Waals surface area contributed by atoms with Gasteiger partial charge in [-0.05, 0) is 61.0 Å². The molecule has 0 saturated carbocycles. The highest BCUT2D eigenvalue weighted by Gasteiger charge is 2.18. The molecule has 0 N–H and O–H groups in total. The van der Waals surface area contributed by atoms with Crippen LogP contribution in [0.25, 0.3) is 5.65 Å². The third-order valence-electron chi connectivity index (χ3n) is 5.47. The van der Waals surface area contributed by atoms with Crippen LogP contribution in [0.15, 0.2) is 71.0 Å². The standard InChI is InChI=1S/C25H27N3O2S/c1-18-6-11-24-26-21(14-25(29)28(24)15-18)17-27(19(2)13-23-5-4-12-31-23)16-20-7-9-22(30-3)10-8-20/h4-12,14-15,19H,13,16-17H2,1-3H3/t19-/m0/s1. The zero-order chi connectivity index (χ0) is 21.8. The zero-order valence-corrected chi connectivity index (χ0v) is 18.9. The lowest BCUT2D eigenvalue weighted by Crippen LogP contribution is -2.34. The summed E-state index contributed by atoms with van der Waals surface area (Å²) in [5.74, 6) is 0.849. The largest absolute Gasteiger partial charge is 0.497 e. The molecule has 1 aromatic carbocycles. The van der Waals surface area contributed by atoms with Crippen LogP contribution in [0.4, 0.5) is 0 Å². The normalized spacial score (nSPS) is 12.4. The van der Waals surface area contributed by atoms with Crippen LogP contribution >= 0.6 is 11.3 Å². The van der Waals surface area contributed by atoms with Crippen LogP contribution in [0.3, 0.4) is 0 Å². The molecule has 160 valence electrons. The fourth-order valence-corrected chi connectivity index (χ4v) is 4.56. The molecule has 31 heavy (non-hydrogen) atoms. The Balaban J connectivity index is 1.61. The van der Waals surface area contributed by atoms with Crippen LogP contribution in [-0.4, -0.2) is 27.4 Å². The summed E-state index contributed by atoms with van der Waals surface area (Å²) in [4.78, 5) is 21.2. The molecule has 3 aromatic heterocycles. The van der Waals surface area contributed by atoms with Crippen molar-refractivity contribution in [3.05, 3.63) is 98.2 Å². The summed E-state index contributed by atoms with van der Waals surface area (Å²) in [5, 5.41) is 2.11. The van der Waals surface area contributed by atoms with Gasteiger partial charge in [0.25, 0.3) is 5.56 Å². The van der Waals surface area contributed by atoms with Gasteiger partial charge in [0, 0.05) is 36.3 Å². The van der Waals surface area contributed by atoms with Gasteiger partial charge in [-0.25, -0.2) is 4.98 Å². The van der Waals surface area contributed by atoms with Gasteiger partial charge in [-0.3, -0.25) is 14.1 Å². The number of thiophene rings is 1. The van der Waals surface area contributed by atoms with Crippen LogP contribution in [0.2, 0.25) is 0 Å². The first-order valence-corrected chi connectivity index (χ1v) is 11.3. The molecule has 4 aromatic rings. The Bertz CT molecular complexity index is 1200. The van der Waals surface area contributed by atoms with Gasteiger partial charge in [0.2, 0.25) is 0 Å². The van der Waals surface area contributed by atoms with Crippen molar-refractivity contribution in [2.75, 3.05) is 7.11 Å². The first-order chi connectivity index (χ1) is 15.0. The van der Waals surface area contributed by atoms with Gasteiger partial charge in [-0.15, -0.1) is 11.3 Å². The van der Waals surface area contributed by atoms with Crippen LogP contribution in [0.5, 0.6) is 5.75 Å². The molecule has 6 heteroatoms. The quantitative estimate of drug-likeness (QED) is 0.404. The Morgan fingerprint density at radius 2 is 1.94 bits per heavy atom. The highest BCUT2D eigenvalue weighted by molar-refractivity contribution is 7.09. The minimum absolute atomic E-state index is 0.0426. The molecule has 0 bridgehead atoms. The van der Waals surface area contributed by atoms with E-state index in [2.05, 4.69) is 41.5 Å². The molecule has 3 heterocycles. The van der Waals surface area contributed by atoms with Crippen LogP contribution in [0, 0.1) is 6.92 Å². The number of hydrogen-bond acceptors (Lipinski definition) is 5. The van der Waals surface area contributed by atoms with E-state index in [9.17, 15) is 4.79 Å². The smallest absolute Gasteiger partial charge is 0.258 e. The zero-order valence-electron chi connectivity index (χ0n) is 18.1. The summed E-state index contributed by atoms with van der Waals surface area (Å²) in [5.41, 5.74) is 3.67. The average molecular weight is 434 g/mol. The number of hydrogen-bond donors (Lipinski definition) is 0. The monoisotopic (exact) mass is 433 g/mol. The highest BCUT2D eigenvalue weighted by atomic mass is 32.1. The molecule has 0 aliphatic carbocycles. The average Bonchev–Trinajstić information content (AvgIpc) is 3.27. The maximum absolute atomic E-state index is 12.7. The van der Waals surface area contributed by atoms with E-state index in [0.29, 0.717) is 18.2 Å². The molecule has 5 nitrogen and oxygen atoms in total. The van der Waals surface area contributed by atoms with E-state index in [1.54, 1.807) is 28.9 Å². The van der Waals surface area contributed by atoms with Gasteiger partial charge in [0.05, 0.1) is 12.8 Å². The minimum atomic E-state index is -0.0426. The summed E-state index contributed by atoms with van der Waals surface area (Å²) in [6.45, 7) is 5.59. The first-order valence-electron chi connectivity index (χ1n) is 10.4. The van der Waals surface area contributed by atoms with Crippen molar-refractivity contribution in [3.8, 4) is 5.75 Å². The molecule has 0 saturated heterocycles. The third kappa shape index (κ3) is 5.21. The van der Waals surface area contributed by atoms with E-state index in [1.165, 1.54) is 10.4 Å². The van der Waals surface area contributed by atoms with E-state index >= 15 is 0 Å². The number of rotatable bonds is 8. The van der Waals surface area contributed by atoms with Gasteiger partial charge in [0.1, 0.15) is 11.4 Å². The summed E-state index contributed by atoms with van der Waals surface area (Å²) < 4.78 is 6.90. The second-order valence-corrected chi connectivity index (χ2v) is 8.94. The summed E-state index contributed by atoms with van der Waals surface area (Å²) in [6, 6.07) is 18.3. The summed E-state index contributed by atoms with van der Waals surface area (Å²) in [7, 11) is 1.68. The van der Waals surface area contributed by atoms with Crippen molar-refractivity contribution in [2.45, 2.75) is 39.4 Å². The molecule has 0 amide bonds. The number of methoxy groups -OCH3 is 1. The molecule has 0 aliphatic heterocycles. The number of aryl methyl sites for hydroxylation is 1. The van der Waals surface area contributed by atoms with Gasteiger partial charge in [-0.1, -0.05) is 24.3 Å². The van der Waals surface area contributed by atoms with Gasteiger partial charge in [0.15, 0.2) is 0 Å². The van der Waals surface area contributed by atoms with Crippen molar-refractivity contribution in [3.63, 3.8) is 0 Å². The minimum Gasteiger partial charge on any atom is -0.497 e. The SMILES string of the molecule is COc1ccc(CN(Cc2cc(=O)n3cc(C)ccc3n2)[C@@H](C)Cc2cccs2)cc1. The molecule has 0 unspecified atom stereocenters. The predicted molar refractivity (Wildman–Crippen MR) is 126 cm³/mol. The lowest BCUT2D eigenvalue weighted by atomic mass is 10.1. The molecular formula is C25H27N3O2S. The Labute approximate surface area is 186 Å². The van der Waals surface area contributed by atoms with Crippen molar-refractivity contribution in [1.29, 1.82) is 0 Å². The van der Waals surface area contributed by atoms with Gasteiger partial charge in [-0.2, -0.15) is 0 Å². The van der Waals surface area contributed by atoms with Crippen molar-refractivity contribution in [1.82, 2.24) is 14.3 Å². The molecule has 0 aliphatic rings. The van der Waals surface area contributed by atoms with Crippen molar-refractivity contribution >= 4 is 17.0 Å². The van der Waals surface area contributed by atoms with Gasteiger partial charge >= 0.3 is 0 Å². The topological polar surface area (TPSA) is 46.8 Å². The Hall–Kier alpha value is -2.96. The molecule has 4 rings (SSSR count). The van der Waals surface area contributed by atoms with E-state index in [-0.39, 0.29) is 5.56 Å². The Kier molecular flexibility index (Phi) is 6.49. The maximum Gasteiger partial charge on any atom is 0.258 e. The maximum atomic E-state index is 12.7. The van der Waals surface area contributed by atoms with E-state index < -0.39 is 0 Å². The lowest BCUT2D eigenvalue weighted by Gasteiger charge is -2.29. The van der Waals surface area contributed by atoms with Crippen LogP contribution < -0.4 is 10.3 Å². The highest BCUT2D eigenvalue weighted by Crippen LogP contribution is 2.20. The van der Waals surface area contributed by atoms with Crippen LogP contribution in [0.1, 0.15) is 28.6 Å². The summed E-state index contributed by atoms with van der Waals surface area (Å²) >= 11 is 1.78.